The zero-order chi connectivity index (χ0) is 18.5. The van der Waals surface area contributed by atoms with Gasteiger partial charge in [-0.1, -0.05) is 41.7 Å². The van der Waals surface area contributed by atoms with E-state index in [1.54, 1.807) is 12.1 Å². The quantitative estimate of drug-likeness (QED) is 0.690. The van der Waals surface area contributed by atoms with Crippen LogP contribution >= 0.6 is 11.3 Å². The average Bonchev–Trinajstić information content (AvgIpc) is 3.04. The molecule has 0 saturated carbocycles. The Hall–Kier alpha value is -3.00. The fourth-order valence-electron chi connectivity index (χ4n) is 2.34. The van der Waals surface area contributed by atoms with E-state index in [-0.39, 0.29) is 12.3 Å². The number of urea groups is 1. The third-order valence-corrected chi connectivity index (χ3v) is 4.37. The van der Waals surface area contributed by atoms with Gasteiger partial charge in [-0.15, -0.1) is 10.2 Å². The highest BCUT2D eigenvalue weighted by atomic mass is 32.1. The molecule has 0 atom stereocenters. The molecule has 26 heavy (non-hydrogen) atoms. The van der Waals surface area contributed by atoms with E-state index in [1.165, 1.54) is 23.5 Å². The van der Waals surface area contributed by atoms with Gasteiger partial charge in [0.25, 0.3) is 0 Å². The number of anilines is 2. The molecule has 2 aromatic carbocycles. The zero-order valence-corrected chi connectivity index (χ0v) is 15.1. The summed E-state index contributed by atoms with van der Waals surface area (Å²) in [5.74, 6) is 0.303. The summed E-state index contributed by atoms with van der Waals surface area (Å²) in [7, 11) is 0. The van der Waals surface area contributed by atoms with Crippen molar-refractivity contribution in [2.24, 2.45) is 0 Å². The molecule has 3 aromatic rings. The molecule has 0 aliphatic heterocycles. The van der Waals surface area contributed by atoms with Crippen molar-refractivity contribution in [3.05, 3.63) is 64.4 Å². The molecule has 1 heterocycles. The van der Waals surface area contributed by atoms with Gasteiger partial charge in [-0.05, 0) is 37.1 Å². The maximum absolute atomic E-state index is 13.5. The summed E-state index contributed by atoms with van der Waals surface area (Å²) < 4.78 is 19.3. The number of aromatic nitrogens is 2. The molecular weight excluding hydrogens is 355 g/mol. The lowest BCUT2D eigenvalue weighted by Gasteiger charge is -2.10. The molecule has 1 aromatic heterocycles. The SMILES string of the molecule is Cc1cccc(C)c1OCc1nnc(NC(=O)Nc2ccccc2F)s1. The first-order valence-electron chi connectivity index (χ1n) is 7.87. The van der Waals surface area contributed by atoms with Crippen LogP contribution in [0.5, 0.6) is 5.75 Å². The van der Waals surface area contributed by atoms with Gasteiger partial charge in [-0.3, -0.25) is 5.32 Å². The van der Waals surface area contributed by atoms with E-state index in [9.17, 15) is 9.18 Å². The molecule has 0 radical (unpaired) electrons. The Bertz CT molecular complexity index is 909. The van der Waals surface area contributed by atoms with Gasteiger partial charge in [0.2, 0.25) is 5.13 Å². The molecule has 0 fully saturated rings. The molecule has 0 spiro atoms. The summed E-state index contributed by atoms with van der Waals surface area (Å²) in [4.78, 5) is 11.9. The van der Waals surface area contributed by atoms with Crippen LogP contribution in [0.3, 0.4) is 0 Å². The number of carbonyl (C=O) groups is 1. The van der Waals surface area contributed by atoms with Crippen molar-refractivity contribution in [3.63, 3.8) is 0 Å². The van der Waals surface area contributed by atoms with Gasteiger partial charge in [-0.2, -0.15) is 0 Å². The van der Waals surface area contributed by atoms with Crippen molar-refractivity contribution in [2.75, 3.05) is 10.6 Å². The van der Waals surface area contributed by atoms with E-state index < -0.39 is 11.8 Å². The van der Waals surface area contributed by atoms with E-state index in [2.05, 4.69) is 20.8 Å². The standard InChI is InChI=1S/C18H17FN4O2S/c1-11-6-5-7-12(2)16(11)25-10-15-22-23-18(26-15)21-17(24)20-14-9-4-3-8-13(14)19/h3-9H,10H2,1-2H3,(H2,20,21,23,24). The zero-order valence-electron chi connectivity index (χ0n) is 14.2. The van der Waals surface area contributed by atoms with Gasteiger partial charge in [0.1, 0.15) is 18.2 Å². The minimum Gasteiger partial charge on any atom is -0.486 e. The van der Waals surface area contributed by atoms with Crippen LogP contribution < -0.4 is 15.4 Å². The Balaban J connectivity index is 1.58. The van der Waals surface area contributed by atoms with E-state index >= 15 is 0 Å². The molecule has 0 bridgehead atoms. The monoisotopic (exact) mass is 372 g/mol. The number of amides is 2. The molecule has 0 aliphatic carbocycles. The number of para-hydroxylation sites is 2. The van der Waals surface area contributed by atoms with Crippen molar-refractivity contribution >= 4 is 28.2 Å². The highest BCUT2D eigenvalue weighted by Crippen LogP contribution is 2.24. The fourth-order valence-corrected chi connectivity index (χ4v) is 2.98. The summed E-state index contributed by atoms with van der Waals surface area (Å²) in [5.41, 5.74) is 2.17. The topological polar surface area (TPSA) is 76.1 Å². The van der Waals surface area contributed by atoms with Crippen LogP contribution in [0.15, 0.2) is 42.5 Å². The molecule has 0 aliphatic rings. The second-order valence-electron chi connectivity index (χ2n) is 5.57. The lowest BCUT2D eigenvalue weighted by atomic mass is 10.1. The van der Waals surface area contributed by atoms with E-state index in [0.717, 1.165) is 16.9 Å². The lowest BCUT2D eigenvalue weighted by Crippen LogP contribution is -2.19. The van der Waals surface area contributed by atoms with Crippen LogP contribution in [-0.4, -0.2) is 16.2 Å². The molecule has 2 amide bonds. The van der Waals surface area contributed by atoms with E-state index in [0.29, 0.717) is 10.1 Å². The van der Waals surface area contributed by atoms with Gasteiger partial charge >= 0.3 is 6.03 Å². The Morgan fingerprint density at radius 2 is 1.81 bits per heavy atom. The number of ether oxygens (including phenoxy) is 1. The van der Waals surface area contributed by atoms with Crippen molar-refractivity contribution in [1.82, 2.24) is 10.2 Å². The maximum Gasteiger partial charge on any atom is 0.325 e. The molecule has 134 valence electrons. The molecule has 2 N–H and O–H groups in total. The van der Waals surface area contributed by atoms with Crippen LogP contribution in [0.1, 0.15) is 16.1 Å². The molecule has 6 nitrogen and oxygen atoms in total. The smallest absolute Gasteiger partial charge is 0.325 e. The fraction of sp³-hybridized carbons (Fsp3) is 0.167. The van der Waals surface area contributed by atoms with Crippen molar-refractivity contribution in [1.29, 1.82) is 0 Å². The average molecular weight is 372 g/mol. The number of nitrogens with one attached hydrogen (secondary N) is 2. The third kappa shape index (κ3) is 4.34. The van der Waals surface area contributed by atoms with Gasteiger partial charge in [0.05, 0.1) is 5.69 Å². The summed E-state index contributed by atoms with van der Waals surface area (Å²) in [6.45, 7) is 4.20. The highest BCUT2D eigenvalue weighted by Gasteiger charge is 2.11. The summed E-state index contributed by atoms with van der Waals surface area (Å²) in [6, 6.07) is 11.2. The Kier molecular flexibility index (Phi) is 5.43. The van der Waals surface area contributed by atoms with Crippen molar-refractivity contribution < 1.29 is 13.9 Å². The van der Waals surface area contributed by atoms with Gasteiger partial charge < -0.3 is 10.1 Å². The first-order chi connectivity index (χ1) is 12.5. The highest BCUT2D eigenvalue weighted by molar-refractivity contribution is 7.15. The van der Waals surface area contributed by atoms with Gasteiger partial charge in [0, 0.05) is 0 Å². The Morgan fingerprint density at radius 3 is 2.54 bits per heavy atom. The molecule has 3 rings (SSSR count). The minimum atomic E-state index is -0.589. The number of carbonyl (C=O) groups excluding carboxylic acids is 1. The number of benzene rings is 2. The number of aryl methyl sites for hydroxylation is 2. The molecule has 0 saturated heterocycles. The van der Waals surface area contributed by atoms with E-state index in [4.69, 9.17) is 4.74 Å². The number of hydrogen-bond donors (Lipinski definition) is 2. The number of hydrogen-bond acceptors (Lipinski definition) is 5. The second-order valence-corrected chi connectivity index (χ2v) is 6.63. The molecule has 8 heteroatoms. The van der Waals surface area contributed by atoms with Crippen LogP contribution in [0.2, 0.25) is 0 Å². The normalized spacial score (nSPS) is 10.4. The summed E-state index contributed by atoms with van der Waals surface area (Å²) in [5, 5.41) is 13.8. The van der Waals surface area contributed by atoms with Crippen LogP contribution in [0.25, 0.3) is 0 Å². The third-order valence-electron chi connectivity index (χ3n) is 3.56. The maximum atomic E-state index is 13.5. The number of rotatable bonds is 5. The van der Waals surface area contributed by atoms with E-state index in [1.807, 2.05) is 32.0 Å². The number of halogens is 1. The van der Waals surface area contributed by atoms with Crippen molar-refractivity contribution in [3.8, 4) is 5.75 Å². The molecular formula is C18H17FN4O2S. The summed E-state index contributed by atoms with van der Waals surface area (Å²) >= 11 is 1.19. The Labute approximate surface area is 154 Å². The largest absolute Gasteiger partial charge is 0.486 e. The lowest BCUT2D eigenvalue weighted by molar-refractivity contribution is 0.262. The summed E-state index contributed by atoms with van der Waals surface area (Å²) in [6.07, 6.45) is 0. The van der Waals surface area contributed by atoms with Crippen molar-refractivity contribution in [2.45, 2.75) is 20.5 Å². The van der Waals surface area contributed by atoms with Gasteiger partial charge in [-0.25, -0.2) is 9.18 Å². The second kappa shape index (κ2) is 7.92. The number of nitrogens with zero attached hydrogens (tertiary/aromatic N) is 2. The Morgan fingerprint density at radius 1 is 1.08 bits per heavy atom. The first-order valence-corrected chi connectivity index (χ1v) is 8.68. The van der Waals surface area contributed by atoms with Crippen LogP contribution in [-0.2, 0) is 6.61 Å². The minimum absolute atomic E-state index is 0.0908. The van der Waals surface area contributed by atoms with Crippen LogP contribution in [0, 0.1) is 19.7 Å². The van der Waals surface area contributed by atoms with Crippen LogP contribution in [0.4, 0.5) is 20.0 Å². The van der Waals surface area contributed by atoms with Gasteiger partial charge in [0.15, 0.2) is 5.01 Å². The predicted octanol–water partition coefficient (Wildman–Crippen LogP) is 4.52. The first kappa shape index (κ1) is 17.8. The predicted molar refractivity (Wildman–Crippen MR) is 99.2 cm³/mol. The molecule has 0 unspecified atom stereocenters.